The Bertz CT molecular complexity index is 817. The van der Waals surface area contributed by atoms with Crippen LogP contribution in [-0.4, -0.2) is 71.4 Å². The van der Waals surface area contributed by atoms with E-state index >= 15 is 0 Å². The summed E-state index contributed by atoms with van der Waals surface area (Å²) in [6, 6.07) is -4.32. The van der Waals surface area contributed by atoms with Crippen molar-refractivity contribution in [1.82, 2.24) is 16.0 Å². The van der Waals surface area contributed by atoms with E-state index < -0.39 is 53.8 Å². The number of aliphatic imine (C=N–C) groups is 1. The average Bonchev–Trinajstić information content (AvgIpc) is 2.83. The highest BCUT2D eigenvalue weighted by molar-refractivity contribution is 5.94. The molecule has 0 spiro atoms. The number of carboxylic acid groups (broad SMARTS) is 1. The molecule has 14 heteroatoms. The van der Waals surface area contributed by atoms with Crippen molar-refractivity contribution in [1.29, 1.82) is 0 Å². The summed E-state index contributed by atoms with van der Waals surface area (Å²) in [6.45, 7) is 7.47. The van der Waals surface area contributed by atoms with Crippen molar-refractivity contribution in [3.63, 3.8) is 0 Å². The molecular weight excluding hydrogens is 484 g/mol. The van der Waals surface area contributed by atoms with Crippen LogP contribution in [0.15, 0.2) is 4.99 Å². The van der Waals surface area contributed by atoms with Gasteiger partial charge in [-0.3, -0.25) is 24.2 Å². The molecule has 0 aliphatic carbocycles. The highest BCUT2D eigenvalue weighted by atomic mass is 16.4. The third-order valence-electron chi connectivity index (χ3n) is 6.18. The fourth-order valence-corrected chi connectivity index (χ4v) is 3.36. The molecule has 0 aromatic carbocycles. The van der Waals surface area contributed by atoms with Gasteiger partial charge in [-0.15, -0.1) is 0 Å². The first-order valence-electron chi connectivity index (χ1n) is 12.5. The first kappa shape index (κ1) is 33.6. The maximum atomic E-state index is 13.2. The van der Waals surface area contributed by atoms with Crippen molar-refractivity contribution < 1.29 is 29.1 Å². The van der Waals surface area contributed by atoms with E-state index in [1.54, 1.807) is 13.8 Å². The van der Waals surface area contributed by atoms with Gasteiger partial charge in [-0.05, 0) is 31.1 Å². The van der Waals surface area contributed by atoms with Crippen LogP contribution in [0.2, 0.25) is 0 Å². The van der Waals surface area contributed by atoms with Gasteiger partial charge < -0.3 is 44.0 Å². The van der Waals surface area contributed by atoms with Crippen LogP contribution in [-0.2, 0) is 24.0 Å². The molecule has 0 aliphatic rings. The minimum Gasteiger partial charge on any atom is -0.480 e. The Hall–Kier alpha value is -3.42. The van der Waals surface area contributed by atoms with Gasteiger partial charge in [0, 0.05) is 13.0 Å². The highest BCUT2D eigenvalue weighted by Crippen LogP contribution is 2.13. The fraction of sp³-hybridized carbons (Fsp3) is 0.739. The van der Waals surface area contributed by atoms with Crippen LogP contribution in [0.3, 0.4) is 0 Å². The summed E-state index contributed by atoms with van der Waals surface area (Å²) >= 11 is 0. The SMILES string of the molecule is CCC(C)C(NC(=O)C(N)CCCN=C(N)N)C(=O)NC(C(=O)NC(CCC(N)=O)C(=O)O)C(C)CC. The number of guanidine groups is 1. The topological polar surface area (TPSA) is 258 Å². The molecule has 212 valence electrons. The van der Waals surface area contributed by atoms with Gasteiger partial charge in [0.15, 0.2) is 5.96 Å². The van der Waals surface area contributed by atoms with Gasteiger partial charge in [0.2, 0.25) is 23.6 Å². The van der Waals surface area contributed by atoms with Gasteiger partial charge in [-0.1, -0.05) is 40.5 Å². The molecule has 0 aromatic rings. The molecule has 12 N–H and O–H groups in total. The summed E-state index contributed by atoms with van der Waals surface area (Å²) in [7, 11) is 0. The minimum atomic E-state index is -1.36. The summed E-state index contributed by atoms with van der Waals surface area (Å²) in [5.74, 6) is -4.59. The summed E-state index contributed by atoms with van der Waals surface area (Å²) in [6.07, 6.45) is 1.38. The summed E-state index contributed by atoms with van der Waals surface area (Å²) in [4.78, 5) is 65.3. The molecule has 14 nitrogen and oxygen atoms in total. The van der Waals surface area contributed by atoms with Gasteiger partial charge in [-0.25, -0.2) is 4.79 Å². The van der Waals surface area contributed by atoms with Crippen LogP contribution in [0.1, 0.15) is 66.2 Å². The predicted octanol–water partition coefficient (Wildman–Crippen LogP) is -1.74. The number of hydrogen-bond acceptors (Lipinski definition) is 7. The second-order valence-corrected chi connectivity index (χ2v) is 9.20. The fourth-order valence-electron chi connectivity index (χ4n) is 3.36. The molecule has 0 heterocycles. The lowest BCUT2D eigenvalue weighted by atomic mass is 9.94. The summed E-state index contributed by atoms with van der Waals surface area (Å²) < 4.78 is 0. The van der Waals surface area contributed by atoms with Crippen LogP contribution < -0.4 is 38.9 Å². The summed E-state index contributed by atoms with van der Waals surface area (Å²) in [5, 5.41) is 17.1. The molecule has 0 saturated heterocycles. The molecule has 0 radical (unpaired) electrons. The standard InChI is InChI=1S/C23H44N8O6/c1-5-12(3)17(20(34)29-15(22(36)37)9-10-16(25)32)31-21(35)18(13(4)6-2)30-19(33)14(24)8-7-11-28-23(26)27/h12-15,17-18H,5-11,24H2,1-4H3,(H2,25,32)(H,29,34)(H,30,33)(H,31,35)(H,36,37)(H4,26,27,28). The number of carbonyl (C=O) groups is 5. The predicted molar refractivity (Wildman–Crippen MR) is 139 cm³/mol. The Morgan fingerprint density at radius 3 is 1.73 bits per heavy atom. The zero-order valence-corrected chi connectivity index (χ0v) is 22.2. The van der Waals surface area contributed by atoms with Crippen molar-refractivity contribution in [3.05, 3.63) is 0 Å². The Morgan fingerprint density at radius 1 is 0.811 bits per heavy atom. The molecule has 0 saturated carbocycles. The molecule has 4 amide bonds. The lowest BCUT2D eigenvalue weighted by Gasteiger charge is -2.30. The van der Waals surface area contributed by atoms with E-state index in [2.05, 4.69) is 20.9 Å². The van der Waals surface area contributed by atoms with Gasteiger partial charge >= 0.3 is 5.97 Å². The second-order valence-electron chi connectivity index (χ2n) is 9.20. The van der Waals surface area contributed by atoms with Crippen molar-refractivity contribution in [2.24, 2.45) is 39.8 Å². The minimum absolute atomic E-state index is 0.0611. The molecule has 6 atom stereocenters. The number of primary amides is 1. The number of amides is 4. The molecule has 0 aromatic heterocycles. The van der Waals surface area contributed by atoms with Crippen molar-refractivity contribution in [3.8, 4) is 0 Å². The third-order valence-corrected chi connectivity index (χ3v) is 6.18. The quantitative estimate of drug-likeness (QED) is 0.0569. The maximum Gasteiger partial charge on any atom is 0.326 e. The monoisotopic (exact) mass is 528 g/mol. The van der Waals surface area contributed by atoms with E-state index in [0.29, 0.717) is 25.8 Å². The van der Waals surface area contributed by atoms with Gasteiger partial charge in [0.1, 0.15) is 18.1 Å². The Morgan fingerprint density at radius 2 is 1.30 bits per heavy atom. The first-order valence-corrected chi connectivity index (χ1v) is 12.5. The normalized spacial score (nSPS) is 15.7. The second kappa shape index (κ2) is 17.1. The van der Waals surface area contributed by atoms with Gasteiger partial charge in [0.25, 0.3) is 0 Å². The van der Waals surface area contributed by atoms with E-state index in [-0.39, 0.29) is 37.1 Å². The number of nitrogens with two attached hydrogens (primary N) is 4. The largest absolute Gasteiger partial charge is 0.480 e. The van der Waals surface area contributed by atoms with Crippen LogP contribution in [0.25, 0.3) is 0 Å². The van der Waals surface area contributed by atoms with Gasteiger partial charge in [-0.2, -0.15) is 0 Å². The molecule has 0 bridgehead atoms. The lowest BCUT2D eigenvalue weighted by molar-refractivity contribution is -0.143. The Labute approximate surface area is 217 Å². The summed E-state index contributed by atoms with van der Waals surface area (Å²) in [5.41, 5.74) is 21.6. The Kier molecular flexibility index (Phi) is 15.5. The van der Waals surface area contributed by atoms with Crippen molar-refractivity contribution in [2.75, 3.05) is 6.54 Å². The molecule has 0 fully saturated rings. The van der Waals surface area contributed by atoms with E-state index in [1.807, 2.05) is 13.8 Å². The van der Waals surface area contributed by atoms with Gasteiger partial charge in [0.05, 0.1) is 6.04 Å². The van der Waals surface area contributed by atoms with Crippen LogP contribution in [0, 0.1) is 11.8 Å². The maximum absolute atomic E-state index is 13.2. The van der Waals surface area contributed by atoms with Crippen molar-refractivity contribution >= 4 is 35.6 Å². The number of nitrogens with one attached hydrogen (secondary N) is 3. The number of aliphatic carboxylic acids is 1. The number of carboxylic acids is 1. The zero-order chi connectivity index (χ0) is 28.7. The third kappa shape index (κ3) is 12.9. The molecule has 0 rings (SSSR count). The van der Waals surface area contributed by atoms with E-state index in [1.165, 1.54) is 0 Å². The molecule has 0 aliphatic heterocycles. The molecule has 37 heavy (non-hydrogen) atoms. The zero-order valence-electron chi connectivity index (χ0n) is 22.2. The Balaban J connectivity index is 5.51. The van der Waals surface area contributed by atoms with E-state index in [0.717, 1.165) is 0 Å². The smallest absolute Gasteiger partial charge is 0.326 e. The molecular formula is C23H44N8O6. The van der Waals surface area contributed by atoms with Crippen molar-refractivity contribution in [2.45, 2.75) is 90.4 Å². The number of carbonyl (C=O) groups excluding carboxylic acids is 4. The van der Waals surface area contributed by atoms with Crippen LogP contribution >= 0.6 is 0 Å². The van der Waals surface area contributed by atoms with Crippen LogP contribution in [0.5, 0.6) is 0 Å². The number of rotatable bonds is 18. The average molecular weight is 529 g/mol. The lowest BCUT2D eigenvalue weighted by Crippen LogP contribution is -2.60. The van der Waals surface area contributed by atoms with E-state index in [4.69, 9.17) is 22.9 Å². The number of hydrogen-bond donors (Lipinski definition) is 8. The first-order chi connectivity index (χ1) is 17.2. The molecule has 6 unspecified atom stereocenters. The highest BCUT2D eigenvalue weighted by Gasteiger charge is 2.34. The van der Waals surface area contributed by atoms with Crippen LogP contribution in [0.4, 0.5) is 0 Å². The van der Waals surface area contributed by atoms with E-state index in [9.17, 15) is 29.1 Å². The number of nitrogens with zero attached hydrogens (tertiary/aromatic N) is 1.